The van der Waals surface area contributed by atoms with Crippen LogP contribution >= 0.6 is 0 Å². The Morgan fingerprint density at radius 2 is 1.63 bits per heavy atom. The van der Waals surface area contributed by atoms with E-state index in [2.05, 4.69) is 0 Å². The van der Waals surface area contributed by atoms with Gasteiger partial charge in [-0.1, -0.05) is 17.7 Å². The molecule has 1 aromatic carbocycles. The van der Waals surface area contributed by atoms with Crippen LogP contribution in [0.4, 0.5) is 0 Å². The van der Waals surface area contributed by atoms with Crippen molar-refractivity contribution in [2.75, 3.05) is 0 Å². The maximum Gasteiger partial charge on any atom is 0.297 e. The summed E-state index contributed by atoms with van der Waals surface area (Å²) in [4.78, 5) is 0.213. The van der Waals surface area contributed by atoms with Crippen LogP contribution < -0.4 is 0 Å². The number of ether oxygens (including phenoxy) is 1. The van der Waals surface area contributed by atoms with Gasteiger partial charge in [0.05, 0.1) is 23.2 Å². The summed E-state index contributed by atoms with van der Waals surface area (Å²) in [6, 6.07) is 6.70. The fourth-order valence-corrected chi connectivity index (χ4v) is 3.46. The molecule has 4 nitrogen and oxygen atoms in total. The van der Waals surface area contributed by atoms with Gasteiger partial charge in [-0.3, -0.25) is 4.18 Å². The Hall–Kier alpha value is -0.910. The van der Waals surface area contributed by atoms with Crippen molar-refractivity contribution < 1.29 is 17.3 Å². The minimum atomic E-state index is -3.68. The number of benzene rings is 1. The molecule has 1 aromatic rings. The summed E-state index contributed by atoms with van der Waals surface area (Å²) in [5.41, 5.74) is 1.02. The molecule has 5 heteroatoms. The van der Waals surface area contributed by atoms with Crippen molar-refractivity contribution in [3.63, 3.8) is 0 Å². The first-order chi connectivity index (χ1) is 8.87. The number of aryl methyl sites for hydroxylation is 1. The second-order valence-corrected chi connectivity index (χ2v) is 6.79. The molecule has 1 aliphatic heterocycles. The average molecular weight is 284 g/mol. The van der Waals surface area contributed by atoms with Gasteiger partial charge in [0.15, 0.2) is 0 Å². The topological polar surface area (TPSA) is 52.6 Å². The van der Waals surface area contributed by atoms with Crippen LogP contribution in [0, 0.1) is 6.92 Å². The molecule has 0 radical (unpaired) electrons. The van der Waals surface area contributed by atoms with Crippen molar-refractivity contribution in [3.05, 3.63) is 29.8 Å². The van der Waals surface area contributed by atoms with Crippen molar-refractivity contribution in [1.82, 2.24) is 0 Å². The largest absolute Gasteiger partial charge is 0.375 e. The molecular weight excluding hydrogens is 264 g/mol. The van der Waals surface area contributed by atoms with Crippen molar-refractivity contribution in [2.45, 2.75) is 56.8 Å². The lowest BCUT2D eigenvalue weighted by molar-refractivity contribution is -0.0706. The minimum absolute atomic E-state index is 0.0296. The van der Waals surface area contributed by atoms with Crippen LogP contribution in [0.25, 0.3) is 0 Å². The SMILES string of the molecule is Cc1ccc(S(=O)(=O)OC2C[C@@H](C)O[C@H](C)C2)cc1. The Kier molecular flexibility index (Phi) is 4.28. The summed E-state index contributed by atoms with van der Waals surface area (Å²) in [5.74, 6) is 0. The first-order valence-electron chi connectivity index (χ1n) is 6.52. The highest BCUT2D eigenvalue weighted by molar-refractivity contribution is 7.86. The molecule has 1 fully saturated rings. The molecule has 0 aromatic heterocycles. The second-order valence-electron chi connectivity index (χ2n) is 5.21. The van der Waals surface area contributed by atoms with Crippen molar-refractivity contribution >= 4 is 10.1 Å². The third-order valence-corrected chi connectivity index (χ3v) is 4.60. The predicted octanol–water partition coefficient (Wildman–Crippen LogP) is 2.66. The molecule has 2 rings (SSSR count). The Morgan fingerprint density at radius 3 is 2.16 bits per heavy atom. The lowest BCUT2D eigenvalue weighted by Gasteiger charge is -2.31. The minimum Gasteiger partial charge on any atom is -0.375 e. The third kappa shape index (κ3) is 3.78. The quantitative estimate of drug-likeness (QED) is 0.801. The molecule has 0 amide bonds. The molecule has 1 aliphatic rings. The summed E-state index contributed by atoms with van der Waals surface area (Å²) in [6.45, 7) is 5.79. The van der Waals surface area contributed by atoms with Gasteiger partial charge in [0, 0.05) is 12.8 Å². The molecule has 0 N–H and O–H groups in total. The van der Waals surface area contributed by atoms with Gasteiger partial charge in [-0.05, 0) is 32.9 Å². The van der Waals surface area contributed by atoms with Crippen LogP contribution in [-0.4, -0.2) is 26.7 Å². The lowest BCUT2D eigenvalue weighted by atomic mass is 10.0. The summed E-state index contributed by atoms with van der Waals surface area (Å²) in [6.07, 6.45) is 0.971. The molecule has 0 aliphatic carbocycles. The summed E-state index contributed by atoms with van der Waals surface area (Å²) < 4.78 is 35.2. The van der Waals surface area contributed by atoms with Crippen molar-refractivity contribution in [1.29, 1.82) is 0 Å². The fourth-order valence-electron chi connectivity index (χ4n) is 2.36. The van der Waals surface area contributed by atoms with Gasteiger partial charge in [0.2, 0.25) is 0 Å². The van der Waals surface area contributed by atoms with E-state index in [9.17, 15) is 8.42 Å². The van der Waals surface area contributed by atoms with E-state index in [-0.39, 0.29) is 23.2 Å². The van der Waals surface area contributed by atoms with Gasteiger partial charge in [0.1, 0.15) is 0 Å². The standard InChI is InChI=1S/C14H20O4S/c1-10-4-6-14(7-5-10)19(15,16)18-13-8-11(2)17-12(3)9-13/h4-7,11-13H,8-9H2,1-3H3/t11-,12-/m1/s1. The molecule has 1 saturated heterocycles. The molecule has 19 heavy (non-hydrogen) atoms. The maximum atomic E-state index is 12.2. The van der Waals surface area contributed by atoms with Gasteiger partial charge in [-0.15, -0.1) is 0 Å². The molecule has 0 spiro atoms. The molecule has 2 atom stereocenters. The smallest absolute Gasteiger partial charge is 0.297 e. The molecule has 0 bridgehead atoms. The van der Waals surface area contributed by atoms with Gasteiger partial charge in [0.25, 0.3) is 10.1 Å². The lowest BCUT2D eigenvalue weighted by Crippen LogP contribution is -2.35. The Labute approximate surface area is 114 Å². The summed E-state index contributed by atoms with van der Waals surface area (Å²) in [7, 11) is -3.68. The molecule has 1 heterocycles. The van der Waals surface area contributed by atoms with Crippen LogP contribution in [0.5, 0.6) is 0 Å². The second kappa shape index (κ2) is 5.61. The van der Waals surface area contributed by atoms with Crippen LogP contribution in [0.15, 0.2) is 29.2 Å². The zero-order valence-corrected chi connectivity index (χ0v) is 12.3. The van der Waals surface area contributed by atoms with E-state index in [1.54, 1.807) is 24.3 Å². The fraction of sp³-hybridized carbons (Fsp3) is 0.571. The van der Waals surface area contributed by atoms with E-state index in [1.807, 2.05) is 20.8 Å². The van der Waals surface area contributed by atoms with E-state index in [0.29, 0.717) is 12.8 Å². The van der Waals surface area contributed by atoms with Crippen molar-refractivity contribution in [2.24, 2.45) is 0 Å². The van der Waals surface area contributed by atoms with Gasteiger partial charge in [-0.2, -0.15) is 8.42 Å². The molecule has 0 unspecified atom stereocenters. The highest BCUT2D eigenvalue weighted by Crippen LogP contribution is 2.25. The highest BCUT2D eigenvalue weighted by atomic mass is 32.2. The molecule has 106 valence electrons. The summed E-state index contributed by atoms with van der Waals surface area (Å²) >= 11 is 0. The molecule has 0 saturated carbocycles. The zero-order valence-electron chi connectivity index (χ0n) is 11.5. The van der Waals surface area contributed by atoms with E-state index >= 15 is 0 Å². The zero-order chi connectivity index (χ0) is 14.0. The average Bonchev–Trinajstić information content (AvgIpc) is 2.27. The van der Waals surface area contributed by atoms with E-state index in [1.165, 1.54) is 0 Å². The number of hydrogen-bond donors (Lipinski definition) is 0. The number of rotatable bonds is 3. The predicted molar refractivity (Wildman–Crippen MR) is 72.5 cm³/mol. The summed E-state index contributed by atoms with van der Waals surface area (Å²) in [5, 5.41) is 0. The normalized spacial score (nSPS) is 28.3. The third-order valence-electron chi connectivity index (χ3n) is 3.23. The van der Waals surface area contributed by atoms with Crippen LogP contribution in [0.2, 0.25) is 0 Å². The van der Waals surface area contributed by atoms with Gasteiger partial charge >= 0.3 is 0 Å². The first kappa shape index (κ1) is 14.5. The van der Waals surface area contributed by atoms with Crippen LogP contribution in [0.3, 0.4) is 0 Å². The number of hydrogen-bond acceptors (Lipinski definition) is 4. The van der Waals surface area contributed by atoms with E-state index < -0.39 is 10.1 Å². The van der Waals surface area contributed by atoms with E-state index in [4.69, 9.17) is 8.92 Å². The van der Waals surface area contributed by atoms with E-state index in [0.717, 1.165) is 5.56 Å². The van der Waals surface area contributed by atoms with Crippen LogP contribution in [-0.2, 0) is 19.0 Å². The van der Waals surface area contributed by atoms with Gasteiger partial charge < -0.3 is 4.74 Å². The van der Waals surface area contributed by atoms with Gasteiger partial charge in [-0.25, -0.2) is 0 Å². The maximum absolute atomic E-state index is 12.2. The van der Waals surface area contributed by atoms with Crippen LogP contribution in [0.1, 0.15) is 32.3 Å². The van der Waals surface area contributed by atoms with Crippen molar-refractivity contribution in [3.8, 4) is 0 Å². The Morgan fingerprint density at radius 1 is 1.11 bits per heavy atom. The Balaban J connectivity index is 2.10. The highest BCUT2D eigenvalue weighted by Gasteiger charge is 2.29. The first-order valence-corrected chi connectivity index (χ1v) is 7.93. The molecular formula is C14H20O4S. The Bertz CT molecular complexity index is 511. The monoisotopic (exact) mass is 284 g/mol.